The van der Waals surface area contributed by atoms with Gasteiger partial charge >= 0.3 is 23.9 Å². The molecule has 1 rings (SSSR count). The number of para-hydroxylation sites is 1. The molecule has 0 spiro atoms. The summed E-state index contributed by atoms with van der Waals surface area (Å²) in [6.45, 7) is -2.25. The van der Waals surface area contributed by atoms with Gasteiger partial charge in [0, 0.05) is 13.1 Å². The number of carboxylic acids is 4. The van der Waals surface area contributed by atoms with E-state index in [-0.39, 0.29) is 13.1 Å². The molecule has 0 fully saturated rings. The predicted octanol–water partition coefficient (Wildman–Crippen LogP) is -0.679. The molecule has 0 unspecified atom stereocenters. The van der Waals surface area contributed by atoms with Crippen LogP contribution in [0.2, 0.25) is 0 Å². The third-order valence-electron chi connectivity index (χ3n) is 2.92. The van der Waals surface area contributed by atoms with Crippen LogP contribution in [-0.4, -0.2) is 98.5 Å². The molecule has 11 nitrogen and oxygen atoms in total. The van der Waals surface area contributed by atoms with Crippen LogP contribution in [0.3, 0.4) is 0 Å². The van der Waals surface area contributed by atoms with Crippen LogP contribution in [0.5, 0.6) is 5.75 Å². The van der Waals surface area contributed by atoms with E-state index in [4.69, 9.17) is 25.5 Å². The lowest BCUT2D eigenvalue weighted by molar-refractivity contribution is -0.145. The molecule has 0 aromatic heterocycles. The van der Waals surface area contributed by atoms with E-state index in [1.54, 1.807) is 24.3 Å². The number of nitrogens with zero attached hydrogens (tertiary/aromatic N) is 2. The van der Waals surface area contributed by atoms with Gasteiger partial charge in [-0.2, -0.15) is 0 Å². The summed E-state index contributed by atoms with van der Waals surface area (Å²) in [7, 11) is 0. The van der Waals surface area contributed by atoms with Gasteiger partial charge in [0.2, 0.25) is 0 Å². The van der Waals surface area contributed by atoms with E-state index in [1.165, 1.54) is 0 Å². The lowest BCUT2D eigenvalue weighted by Gasteiger charge is -2.23. The second-order valence-corrected chi connectivity index (χ2v) is 5.33. The molecule has 0 aliphatic carbocycles. The maximum atomic E-state index is 10.6. The van der Waals surface area contributed by atoms with Crippen molar-refractivity contribution in [3.05, 3.63) is 30.3 Å². The Morgan fingerprint density at radius 3 is 1.11 bits per heavy atom. The minimum atomic E-state index is -1.23. The van der Waals surface area contributed by atoms with Crippen LogP contribution in [0, 0.1) is 0 Å². The zero-order valence-corrected chi connectivity index (χ0v) is 14.4. The molecule has 0 radical (unpaired) electrons. The van der Waals surface area contributed by atoms with Gasteiger partial charge in [0.05, 0.1) is 26.2 Å². The lowest BCUT2D eigenvalue weighted by Crippen LogP contribution is -2.43. The first-order valence-corrected chi connectivity index (χ1v) is 7.66. The highest BCUT2D eigenvalue weighted by Crippen LogP contribution is 2.02. The van der Waals surface area contributed by atoms with Gasteiger partial charge in [-0.1, -0.05) is 18.2 Å². The van der Waals surface area contributed by atoms with E-state index in [9.17, 15) is 19.2 Å². The fourth-order valence-corrected chi connectivity index (χ4v) is 1.90. The number of benzene rings is 1. The second kappa shape index (κ2) is 13.1. The topological polar surface area (TPSA) is 176 Å². The quantitative estimate of drug-likeness (QED) is 0.326. The molecule has 0 heterocycles. The Balaban J connectivity index is 0.000000797. The number of aromatic hydroxyl groups is 1. The summed E-state index contributed by atoms with van der Waals surface area (Å²) in [6.07, 6.45) is 0. The molecule has 1 aromatic rings. The van der Waals surface area contributed by atoms with Crippen LogP contribution in [0.15, 0.2) is 30.3 Å². The molecule has 0 amide bonds. The third kappa shape index (κ3) is 14.8. The summed E-state index contributed by atoms with van der Waals surface area (Å²) in [4.78, 5) is 44.4. The van der Waals surface area contributed by atoms with Crippen molar-refractivity contribution in [2.45, 2.75) is 0 Å². The Bertz CT molecular complexity index is 554. The summed E-state index contributed by atoms with van der Waals surface area (Å²) >= 11 is 0. The fraction of sp³-hybridized carbons (Fsp3) is 0.375. The van der Waals surface area contributed by atoms with E-state index < -0.39 is 50.1 Å². The Labute approximate surface area is 154 Å². The first kappa shape index (κ1) is 23.8. The highest BCUT2D eigenvalue weighted by atomic mass is 16.4. The standard InChI is InChI=1S/C10H16N2O8.C6H6O/c13-7(14)3-11(4-8(15)16)1-2-12(5-9(17)18)6-10(19)20;7-6-4-2-1-3-5-6/h1-6H2,(H,13,14)(H,15,16)(H,17,18)(H,19,20);1-5,7H. The second-order valence-electron chi connectivity index (χ2n) is 5.33. The number of carbonyl (C=O) groups is 4. The van der Waals surface area contributed by atoms with Crippen LogP contribution in [0.25, 0.3) is 0 Å². The smallest absolute Gasteiger partial charge is 0.317 e. The Morgan fingerprint density at radius 1 is 0.630 bits per heavy atom. The van der Waals surface area contributed by atoms with Gasteiger partial charge in [0.1, 0.15) is 5.75 Å². The summed E-state index contributed by atoms with van der Waals surface area (Å²) in [5.74, 6) is -4.59. The van der Waals surface area contributed by atoms with Crippen molar-refractivity contribution in [2.24, 2.45) is 0 Å². The minimum Gasteiger partial charge on any atom is -0.508 e. The van der Waals surface area contributed by atoms with Crippen molar-refractivity contribution in [3.63, 3.8) is 0 Å². The molecule has 0 saturated heterocycles. The van der Waals surface area contributed by atoms with Gasteiger partial charge in [0.25, 0.3) is 0 Å². The lowest BCUT2D eigenvalue weighted by atomic mass is 10.3. The Kier molecular flexibility index (Phi) is 11.5. The first-order valence-electron chi connectivity index (χ1n) is 7.66. The number of aliphatic carboxylic acids is 4. The van der Waals surface area contributed by atoms with E-state index >= 15 is 0 Å². The molecule has 5 N–H and O–H groups in total. The van der Waals surface area contributed by atoms with Gasteiger partial charge < -0.3 is 25.5 Å². The van der Waals surface area contributed by atoms with Crippen molar-refractivity contribution < 1.29 is 44.7 Å². The molecule has 0 atom stereocenters. The molecule has 1 aromatic carbocycles. The van der Waals surface area contributed by atoms with Crippen LogP contribution in [0.4, 0.5) is 0 Å². The van der Waals surface area contributed by atoms with E-state index in [0.717, 1.165) is 9.80 Å². The molecular formula is C16H22N2O9. The number of rotatable bonds is 11. The van der Waals surface area contributed by atoms with Crippen molar-refractivity contribution >= 4 is 23.9 Å². The van der Waals surface area contributed by atoms with Gasteiger partial charge in [-0.15, -0.1) is 0 Å². The Morgan fingerprint density at radius 2 is 0.926 bits per heavy atom. The van der Waals surface area contributed by atoms with E-state index in [0.29, 0.717) is 5.75 Å². The van der Waals surface area contributed by atoms with Gasteiger partial charge in [-0.3, -0.25) is 29.0 Å². The average Bonchev–Trinajstić information content (AvgIpc) is 2.51. The summed E-state index contributed by atoms with van der Waals surface area (Å²) in [6, 6.07) is 8.71. The number of phenolic OH excluding ortho intramolecular Hbond substituents is 1. The molecule has 150 valence electrons. The van der Waals surface area contributed by atoms with Gasteiger partial charge in [-0.05, 0) is 12.1 Å². The van der Waals surface area contributed by atoms with Crippen molar-refractivity contribution in [1.29, 1.82) is 0 Å². The summed E-state index contributed by atoms with van der Waals surface area (Å²) in [5, 5.41) is 43.1. The van der Waals surface area contributed by atoms with Crippen LogP contribution in [-0.2, 0) is 19.2 Å². The number of carboxylic acid groups (broad SMARTS) is 4. The monoisotopic (exact) mass is 386 g/mol. The normalized spacial score (nSPS) is 10.1. The van der Waals surface area contributed by atoms with Crippen molar-refractivity contribution in [1.82, 2.24) is 9.80 Å². The summed E-state index contributed by atoms with van der Waals surface area (Å²) < 4.78 is 0. The zero-order chi connectivity index (χ0) is 20.8. The highest BCUT2D eigenvalue weighted by molar-refractivity contribution is 5.73. The van der Waals surface area contributed by atoms with Crippen molar-refractivity contribution in [3.8, 4) is 5.75 Å². The molecule has 0 aliphatic heterocycles. The van der Waals surface area contributed by atoms with E-state index in [2.05, 4.69) is 0 Å². The molecule has 0 saturated carbocycles. The molecule has 27 heavy (non-hydrogen) atoms. The van der Waals surface area contributed by atoms with E-state index in [1.807, 2.05) is 6.07 Å². The fourth-order valence-electron chi connectivity index (χ4n) is 1.90. The Hall–Kier alpha value is -3.18. The summed E-state index contributed by atoms with van der Waals surface area (Å²) in [5.41, 5.74) is 0. The maximum absolute atomic E-state index is 10.6. The number of hydrogen-bond acceptors (Lipinski definition) is 7. The molecule has 11 heteroatoms. The number of hydrogen-bond donors (Lipinski definition) is 5. The number of phenols is 1. The predicted molar refractivity (Wildman–Crippen MR) is 91.5 cm³/mol. The molecule has 0 bridgehead atoms. The molecule has 0 aliphatic rings. The van der Waals surface area contributed by atoms with Crippen LogP contribution >= 0.6 is 0 Å². The molecular weight excluding hydrogens is 364 g/mol. The SMILES string of the molecule is O=C(O)CN(CCN(CC(=O)O)CC(=O)O)CC(=O)O.Oc1ccccc1. The average molecular weight is 386 g/mol. The van der Waals surface area contributed by atoms with Gasteiger partial charge in [0.15, 0.2) is 0 Å². The largest absolute Gasteiger partial charge is 0.508 e. The maximum Gasteiger partial charge on any atom is 0.317 e. The third-order valence-corrected chi connectivity index (χ3v) is 2.92. The van der Waals surface area contributed by atoms with Gasteiger partial charge in [-0.25, -0.2) is 0 Å². The van der Waals surface area contributed by atoms with Crippen LogP contribution < -0.4 is 0 Å². The zero-order valence-electron chi connectivity index (χ0n) is 14.4. The minimum absolute atomic E-state index is 0.0703. The first-order chi connectivity index (χ1) is 12.6. The van der Waals surface area contributed by atoms with Crippen molar-refractivity contribution in [2.75, 3.05) is 39.3 Å². The van der Waals surface area contributed by atoms with Crippen LogP contribution in [0.1, 0.15) is 0 Å². The highest BCUT2D eigenvalue weighted by Gasteiger charge is 2.17.